The summed E-state index contributed by atoms with van der Waals surface area (Å²) in [6.45, 7) is 4.58. The number of piperidine rings is 1. The fourth-order valence-corrected chi connectivity index (χ4v) is 2.71. The van der Waals surface area contributed by atoms with Crippen LogP contribution in [0.1, 0.15) is 31.7 Å². The van der Waals surface area contributed by atoms with Crippen LogP contribution < -0.4 is 0 Å². The molecule has 1 atom stereocenters. The number of likely N-dealkylation sites (N-methyl/N-ethyl adjacent to an activating group) is 1. The maximum atomic E-state index is 12.4. The summed E-state index contributed by atoms with van der Waals surface area (Å²) >= 11 is 5.89. The summed E-state index contributed by atoms with van der Waals surface area (Å²) in [5.74, 6) is 0.251. The standard InChI is InChI=1S/C16H23ClN2O/c1-13(16(20)19-10-4-3-5-11-19)18(2)12-14-6-8-15(17)9-7-14/h6-9,13H,3-5,10-12H2,1-2H3. The fraction of sp³-hybridized carbons (Fsp3) is 0.562. The Kier molecular flexibility index (Phi) is 5.44. The topological polar surface area (TPSA) is 23.6 Å². The van der Waals surface area contributed by atoms with Gasteiger partial charge in [-0.25, -0.2) is 0 Å². The Bertz CT molecular complexity index is 440. The molecule has 0 saturated carbocycles. The molecule has 0 radical (unpaired) electrons. The average molecular weight is 295 g/mol. The van der Waals surface area contributed by atoms with Gasteiger partial charge in [0.15, 0.2) is 0 Å². The molecule has 1 aromatic rings. The monoisotopic (exact) mass is 294 g/mol. The largest absolute Gasteiger partial charge is 0.341 e. The van der Waals surface area contributed by atoms with Gasteiger partial charge in [-0.2, -0.15) is 0 Å². The van der Waals surface area contributed by atoms with Crippen molar-refractivity contribution in [2.24, 2.45) is 0 Å². The molecule has 1 fully saturated rings. The summed E-state index contributed by atoms with van der Waals surface area (Å²) in [6.07, 6.45) is 3.53. The molecular formula is C16H23ClN2O. The van der Waals surface area contributed by atoms with Crippen molar-refractivity contribution in [3.8, 4) is 0 Å². The highest BCUT2D eigenvalue weighted by molar-refractivity contribution is 6.30. The average Bonchev–Trinajstić information content (AvgIpc) is 2.49. The maximum Gasteiger partial charge on any atom is 0.239 e. The lowest BCUT2D eigenvalue weighted by atomic mass is 10.1. The minimum absolute atomic E-state index is 0.0798. The zero-order valence-electron chi connectivity index (χ0n) is 12.3. The number of rotatable bonds is 4. The minimum atomic E-state index is -0.0798. The van der Waals surface area contributed by atoms with E-state index in [1.165, 1.54) is 12.0 Å². The fourth-order valence-electron chi connectivity index (χ4n) is 2.58. The summed E-state index contributed by atoms with van der Waals surface area (Å²) in [5, 5.41) is 0.744. The molecule has 4 heteroatoms. The normalized spacial score (nSPS) is 17.3. The van der Waals surface area contributed by atoms with E-state index in [2.05, 4.69) is 4.90 Å². The molecular weight excluding hydrogens is 272 g/mol. The summed E-state index contributed by atoms with van der Waals surface area (Å²) in [7, 11) is 2.00. The van der Waals surface area contributed by atoms with Crippen LogP contribution in [-0.2, 0) is 11.3 Å². The summed E-state index contributed by atoms with van der Waals surface area (Å²) in [5.41, 5.74) is 1.18. The zero-order chi connectivity index (χ0) is 14.5. The molecule has 1 aromatic carbocycles. The number of likely N-dealkylation sites (tertiary alicyclic amines) is 1. The molecule has 0 aliphatic carbocycles. The Labute approximate surface area is 126 Å². The van der Waals surface area contributed by atoms with Gasteiger partial charge < -0.3 is 4.90 Å². The van der Waals surface area contributed by atoms with Crippen LogP contribution >= 0.6 is 11.6 Å². The first kappa shape index (κ1) is 15.3. The van der Waals surface area contributed by atoms with E-state index >= 15 is 0 Å². The van der Waals surface area contributed by atoms with Crippen molar-refractivity contribution in [3.05, 3.63) is 34.9 Å². The summed E-state index contributed by atoms with van der Waals surface area (Å²) < 4.78 is 0. The quantitative estimate of drug-likeness (QED) is 0.851. The van der Waals surface area contributed by atoms with Crippen LogP contribution in [-0.4, -0.2) is 41.9 Å². The number of hydrogen-bond acceptors (Lipinski definition) is 2. The Hall–Kier alpha value is -1.06. The molecule has 1 heterocycles. The predicted molar refractivity (Wildman–Crippen MR) is 82.8 cm³/mol. The molecule has 1 aliphatic heterocycles. The molecule has 1 amide bonds. The molecule has 2 rings (SSSR count). The van der Waals surface area contributed by atoms with E-state index in [0.717, 1.165) is 37.5 Å². The number of nitrogens with zero attached hydrogens (tertiary/aromatic N) is 2. The lowest BCUT2D eigenvalue weighted by Crippen LogP contribution is -2.47. The number of amides is 1. The van der Waals surface area contributed by atoms with E-state index in [1.54, 1.807) is 0 Å². The number of carbonyl (C=O) groups is 1. The molecule has 20 heavy (non-hydrogen) atoms. The highest BCUT2D eigenvalue weighted by atomic mass is 35.5. The number of benzene rings is 1. The van der Waals surface area contributed by atoms with Gasteiger partial charge in [0.1, 0.15) is 0 Å². The molecule has 0 spiro atoms. The van der Waals surface area contributed by atoms with E-state index in [-0.39, 0.29) is 11.9 Å². The van der Waals surface area contributed by atoms with Crippen molar-refractivity contribution in [1.29, 1.82) is 0 Å². The van der Waals surface area contributed by atoms with Gasteiger partial charge in [-0.3, -0.25) is 9.69 Å². The Morgan fingerprint density at radius 3 is 2.45 bits per heavy atom. The molecule has 1 saturated heterocycles. The minimum Gasteiger partial charge on any atom is -0.341 e. The molecule has 0 aromatic heterocycles. The predicted octanol–water partition coefficient (Wildman–Crippen LogP) is 3.17. The molecule has 0 bridgehead atoms. The highest BCUT2D eigenvalue weighted by Crippen LogP contribution is 2.15. The first-order chi connectivity index (χ1) is 9.58. The van der Waals surface area contributed by atoms with E-state index in [4.69, 9.17) is 11.6 Å². The van der Waals surface area contributed by atoms with E-state index in [0.29, 0.717) is 0 Å². The first-order valence-corrected chi connectivity index (χ1v) is 7.69. The van der Waals surface area contributed by atoms with Crippen molar-refractivity contribution >= 4 is 17.5 Å². The Morgan fingerprint density at radius 2 is 1.85 bits per heavy atom. The smallest absolute Gasteiger partial charge is 0.239 e. The van der Waals surface area contributed by atoms with E-state index < -0.39 is 0 Å². The highest BCUT2D eigenvalue weighted by Gasteiger charge is 2.24. The second-order valence-corrected chi connectivity index (χ2v) is 6.04. The molecule has 1 aliphatic rings. The summed E-state index contributed by atoms with van der Waals surface area (Å²) in [6, 6.07) is 7.72. The van der Waals surface area contributed by atoms with Crippen molar-refractivity contribution in [3.63, 3.8) is 0 Å². The zero-order valence-corrected chi connectivity index (χ0v) is 13.1. The van der Waals surface area contributed by atoms with Gasteiger partial charge in [-0.15, -0.1) is 0 Å². The van der Waals surface area contributed by atoms with Crippen LogP contribution in [0.25, 0.3) is 0 Å². The third kappa shape index (κ3) is 3.97. The molecule has 0 N–H and O–H groups in total. The van der Waals surface area contributed by atoms with Gasteiger partial charge in [0.05, 0.1) is 6.04 Å². The van der Waals surface area contributed by atoms with Gasteiger partial charge in [0, 0.05) is 24.7 Å². The van der Waals surface area contributed by atoms with E-state index in [9.17, 15) is 4.79 Å². The van der Waals surface area contributed by atoms with Crippen LogP contribution in [0, 0.1) is 0 Å². The van der Waals surface area contributed by atoms with Crippen molar-refractivity contribution < 1.29 is 4.79 Å². The molecule has 110 valence electrons. The maximum absolute atomic E-state index is 12.4. The SMILES string of the molecule is CC(C(=O)N1CCCCC1)N(C)Cc1ccc(Cl)cc1. The van der Waals surface area contributed by atoms with Crippen LogP contribution in [0.5, 0.6) is 0 Å². The van der Waals surface area contributed by atoms with Gasteiger partial charge in [0.25, 0.3) is 0 Å². The van der Waals surface area contributed by atoms with Crippen LogP contribution in [0.4, 0.5) is 0 Å². The Morgan fingerprint density at radius 1 is 1.25 bits per heavy atom. The third-order valence-corrected chi connectivity index (χ3v) is 4.28. The second kappa shape index (κ2) is 7.09. The second-order valence-electron chi connectivity index (χ2n) is 5.60. The number of halogens is 1. The van der Waals surface area contributed by atoms with Gasteiger partial charge in [-0.05, 0) is 50.9 Å². The van der Waals surface area contributed by atoms with Gasteiger partial charge in [0.2, 0.25) is 5.91 Å². The Balaban J connectivity index is 1.91. The van der Waals surface area contributed by atoms with Crippen LogP contribution in [0.3, 0.4) is 0 Å². The number of hydrogen-bond donors (Lipinski definition) is 0. The van der Waals surface area contributed by atoms with Crippen molar-refractivity contribution in [2.75, 3.05) is 20.1 Å². The summed E-state index contributed by atoms with van der Waals surface area (Å²) in [4.78, 5) is 16.6. The third-order valence-electron chi connectivity index (χ3n) is 4.03. The van der Waals surface area contributed by atoms with Crippen molar-refractivity contribution in [2.45, 2.75) is 38.8 Å². The lowest BCUT2D eigenvalue weighted by molar-refractivity contribution is -0.137. The lowest BCUT2D eigenvalue weighted by Gasteiger charge is -2.32. The van der Waals surface area contributed by atoms with Crippen molar-refractivity contribution in [1.82, 2.24) is 9.80 Å². The van der Waals surface area contributed by atoms with E-state index in [1.807, 2.05) is 43.1 Å². The van der Waals surface area contributed by atoms with Gasteiger partial charge in [-0.1, -0.05) is 23.7 Å². The molecule has 1 unspecified atom stereocenters. The first-order valence-electron chi connectivity index (χ1n) is 7.31. The van der Waals surface area contributed by atoms with Gasteiger partial charge >= 0.3 is 0 Å². The molecule has 3 nitrogen and oxygen atoms in total. The van der Waals surface area contributed by atoms with Crippen LogP contribution in [0.2, 0.25) is 5.02 Å². The van der Waals surface area contributed by atoms with Crippen LogP contribution in [0.15, 0.2) is 24.3 Å². The number of carbonyl (C=O) groups excluding carboxylic acids is 1.